The molecular formula is C29H29F2N5O. The molecule has 2 heterocycles. The molecule has 5 rings (SSSR count). The highest BCUT2D eigenvalue weighted by Crippen LogP contribution is 2.26. The van der Waals surface area contributed by atoms with Gasteiger partial charge in [-0.2, -0.15) is 4.98 Å². The highest BCUT2D eigenvalue weighted by atomic mass is 19.1. The van der Waals surface area contributed by atoms with Crippen molar-refractivity contribution in [2.45, 2.75) is 25.8 Å². The van der Waals surface area contributed by atoms with Gasteiger partial charge in [-0.15, -0.1) is 0 Å². The number of nitrogens with zero attached hydrogens (tertiary/aromatic N) is 3. The van der Waals surface area contributed by atoms with Crippen molar-refractivity contribution in [3.8, 4) is 0 Å². The highest BCUT2D eigenvalue weighted by molar-refractivity contribution is 6.08. The van der Waals surface area contributed by atoms with Gasteiger partial charge in [0.1, 0.15) is 17.5 Å². The minimum atomic E-state index is -0.532. The Kier molecular flexibility index (Phi) is 7.37. The predicted molar refractivity (Wildman–Crippen MR) is 142 cm³/mol. The summed E-state index contributed by atoms with van der Waals surface area (Å²) < 4.78 is 28.8. The van der Waals surface area contributed by atoms with Gasteiger partial charge >= 0.3 is 0 Å². The van der Waals surface area contributed by atoms with E-state index in [9.17, 15) is 9.18 Å². The Morgan fingerprint density at radius 1 is 1.05 bits per heavy atom. The summed E-state index contributed by atoms with van der Waals surface area (Å²) in [5.74, 6) is -0.273. The first-order chi connectivity index (χ1) is 18.0. The fourth-order valence-corrected chi connectivity index (χ4v) is 4.74. The Balaban J connectivity index is 1.46. The number of benzene rings is 3. The van der Waals surface area contributed by atoms with Gasteiger partial charge in [-0.3, -0.25) is 9.69 Å². The quantitative estimate of drug-likeness (QED) is 0.339. The SMILES string of the molecule is CC(Nc1nccc(N(CC2CCNCC2)C(=O)c2ccc3ccccc3c2F)n1)c1ccc(F)cc1. The van der Waals surface area contributed by atoms with E-state index in [0.29, 0.717) is 23.7 Å². The van der Waals surface area contributed by atoms with E-state index in [1.165, 1.54) is 12.1 Å². The van der Waals surface area contributed by atoms with E-state index in [-0.39, 0.29) is 23.3 Å². The maximum Gasteiger partial charge on any atom is 0.262 e. The van der Waals surface area contributed by atoms with Gasteiger partial charge in [0.2, 0.25) is 5.95 Å². The van der Waals surface area contributed by atoms with Crippen LogP contribution >= 0.6 is 0 Å². The third-order valence-corrected chi connectivity index (χ3v) is 6.87. The molecule has 0 aliphatic carbocycles. The molecule has 1 aliphatic heterocycles. The maximum absolute atomic E-state index is 15.5. The zero-order valence-electron chi connectivity index (χ0n) is 20.6. The summed E-state index contributed by atoms with van der Waals surface area (Å²) in [7, 11) is 0. The summed E-state index contributed by atoms with van der Waals surface area (Å²) in [6.07, 6.45) is 3.42. The van der Waals surface area contributed by atoms with Gasteiger partial charge in [0, 0.05) is 18.1 Å². The van der Waals surface area contributed by atoms with Crippen molar-refractivity contribution in [2.24, 2.45) is 5.92 Å². The summed E-state index contributed by atoms with van der Waals surface area (Å²) in [5.41, 5.74) is 0.886. The number of rotatable bonds is 7. The lowest BCUT2D eigenvalue weighted by Crippen LogP contribution is -2.40. The Bertz CT molecular complexity index is 1390. The van der Waals surface area contributed by atoms with E-state index >= 15 is 4.39 Å². The second-order valence-electron chi connectivity index (χ2n) is 9.41. The first-order valence-corrected chi connectivity index (χ1v) is 12.5. The monoisotopic (exact) mass is 501 g/mol. The molecule has 1 aromatic heterocycles. The summed E-state index contributed by atoms with van der Waals surface area (Å²) in [5, 5.41) is 7.72. The van der Waals surface area contributed by atoms with Crippen molar-refractivity contribution >= 4 is 28.4 Å². The molecule has 190 valence electrons. The second kappa shape index (κ2) is 11.0. The van der Waals surface area contributed by atoms with Crippen LogP contribution < -0.4 is 15.5 Å². The number of fused-ring (bicyclic) bond motifs is 1. The summed E-state index contributed by atoms with van der Waals surface area (Å²) in [6, 6.07) is 18.1. The Hall–Kier alpha value is -3.91. The standard InChI is InChI=1S/C29H29F2N5O/c1-19(21-6-9-23(30)10-7-21)34-29-33-17-14-26(35-29)36(18-20-12-15-32-16-13-20)28(37)25-11-8-22-4-2-3-5-24(22)27(25)31/h2-11,14,17,19-20,32H,12-13,15-16,18H2,1H3,(H,33,34,35). The average Bonchev–Trinajstić information content (AvgIpc) is 2.93. The minimum absolute atomic E-state index is 0.0143. The number of carbonyl (C=O) groups excluding carboxylic acids is 1. The zero-order chi connectivity index (χ0) is 25.8. The van der Waals surface area contributed by atoms with Crippen LogP contribution in [0.15, 0.2) is 72.9 Å². The number of amides is 1. The molecule has 3 aromatic carbocycles. The van der Waals surface area contributed by atoms with E-state index in [2.05, 4.69) is 20.6 Å². The number of halogens is 2. The molecule has 2 N–H and O–H groups in total. The molecule has 1 saturated heterocycles. The molecule has 0 radical (unpaired) electrons. The molecule has 37 heavy (non-hydrogen) atoms. The van der Waals surface area contributed by atoms with Crippen molar-refractivity contribution < 1.29 is 13.6 Å². The van der Waals surface area contributed by atoms with Crippen molar-refractivity contribution in [2.75, 3.05) is 29.9 Å². The maximum atomic E-state index is 15.5. The van der Waals surface area contributed by atoms with Crippen LogP contribution in [0.2, 0.25) is 0 Å². The summed E-state index contributed by atoms with van der Waals surface area (Å²) in [4.78, 5) is 24.3. The van der Waals surface area contributed by atoms with Gasteiger partial charge in [0.05, 0.1) is 11.6 Å². The van der Waals surface area contributed by atoms with Crippen LogP contribution in [0.4, 0.5) is 20.5 Å². The number of aromatic nitrogens is 2. The lowest BCUT2D eigenvalue weighted by molar-refractivity contribution is 0.0976. The summed E-state index contributed by atoms with van der Waals surface area (Å²) in [6.45, 7) is 4.11. The van der Waals surface area contributed by atoms with Gasteiger partial charge in [0.25, 0.3) is 5.91 Å². The molecule has 1 fully saturated rings. The van der Waals surface area contributed by atoms with Gasteiger partial charge in [-0.1, -0.05) is 42.5 Å². The molecular weight excluding hydrogens is 472 g/mol. The zero-order valence-corrected chi connectivity index (χ0v) is 20.6. The molecule has 4 aromatic rings. The number of hydrogen-bond acceptors (Lipinski definition) is 5. The lowest BCUT2D eigenvalue weighted by Gasteiger charge is -2.30. The number of hydrogen-bond donors (Lipinski definition) is 2. The van der Waals surface area contributed by atoms with Crippen LogP contribution in [0.3, 0.4) is 0 Å². The van der Waals surface area contributed by atoms with Gasteiger partial charge < -0.3 is 10.6 Å². The fraction of sp³-hybridized carbons (Fsp3) is 0.276. The fourth-order valence-electron chi connectivity index (χ4n) is 4.74. The first-order valence-electron chi connectivity index (χ1n) is 12.5. The van der Waals surface area contributed by atoms with Gasteiger partial charge in [-0.05, 0) is 74.0 Å². The molecule has 0 saturated carbocycles. The third-order valence-electron chi connectivity index (χ3n) is 6.87. The number of piperidine rings is 1. The van der Waals surface area contributed by atoms with Crippen LogP contribution in [0, 0.1) is 17.6 Å². The molecule has 8 heteroatoms. The molecule has 1 atom stereocenters. The van der Waals surface area contributed by atoms with Crippen molar-refractivity contribution in [1.82, 2.24) is 15.3 Å². The number of carbonyl (C=O) groups is 1. The minimum Gasteiger partial charge on any atom is -0.348 e. The lowest BCUT2D eigenvalue weighted by atomic mass is 9.97. The van der Waals surface area contributed by atoms with E-state index in [4.69, 9.17) is 0 Å². The van der Waals surface area contributed by atoms with E-state index in [0.717, 1.165) is 36.9 Å². The second-order valence-corrected chi connectivity index (χ2v) is 9.41. The van der Waals surface area contributed by atoms with Crippen molar-refractivity contribution in [3.63, 3.8) is 0 Å². The van der Waals surface area contributed by atoms with Crippen LogP contribution in [0.5, 0.6) is 0 Å². The largest absolute Gasteiger partial charge is 0.348 e. The molecule has 0 spiro atoms. The van der Waals surface area contributed by atoms with Gasteiger partial charge in [-0.25, -0.2) is 13.8 Å². The molecule has 1 unspecified atom stereocenters. The number of anilines is 2. The van der Waals surface area contributed by atoms with Crippen LogP contribution in [-0.4, -0.2) is 35.5 Å². The summed E-state index contributed by atoms with van der Waals surface area (Å²) >= 11 is 0. The highest BCUT2D eigenvalue weighted by Gasteiger charge is 2.27. The van der Waals surface area contributed by atoms with E-state index < -0.39 is 11.7 Å². The molecule has 0 bridgehead atoms. The topological polar surface area (TPSA) is 70.2 Å². The predicted octanol–water partition coefficient (Wildman–Crippen LogP) is 5.73. The smallest absolute Gasteiger partial charge is 0.262 e. The van der Waals surface area contributed by atoms with Crippen LogP contribution in [0.1, 0.15) is 41.7 Å². The number of nitrogens with one attached hydrogen (secondary N) is 2. The Labute approximate surface area is 214 Å². The van der Waals surface area contributed by atoms with E-state index in [1.807, 2.05) is 19.1 Å². The first kappa shape index (κ1) is 24.8. The Morgan fingerprint density at radius 2 is 1.81 bits per heavy atom. The van der Waals surface area contributed by atoms with Gasteiger partial charge in [0.15, 0.2) is 0 Å². The van der Waals surface area contributed by atoms with Crippen molar-refractivity contribution in [1.29, 1.82) is 0 Å². The van der Waals surface area contributed by atoms with Crippen LogP contribution in [-0.2, 0) is 0 Å². The molecule has 6 nitrogen and oxygen atoms in total. The van der Waals surface area contributed by atoms with Crippen molar-refractivity contribution in [3.05, 3.63) is 95.7 Å². The third kappa shape index (κ3) is 5.59. The Morgan fingerprint density at radius 3 is 2.59 bits per heavy atom. The molecule has 1 aliphatic rings. The average molecular weight is 502 g/mol. The van der Waals surface area contributed by atoms with Crippen LogP contribution in [0.25, 0.3) is 10.8 Å². The molecule has 1 amide bonds. The normalized spacial score (nSPS) is 14.9. The van der Waals surface area contributed by atoms with E-state index in [1.54, 1.807) is 53.6 Å².